The molecule has 2 rings (SSSR count). The van der Waals surface area contributed by atoms with Crippen molar-refractivity contribution in [2.45, 2.75) is 261 Å². The molecular formula is C51H92O15. The van der Waals surface area contributed by atoms with Gasteiger partial charge >= 0.3 is 11.9 Å². The molecular weight excluding hydrogens is 853 g/mol. The van der Waals surface area contributed by atoms with Crippen LogP contribution in [0.2, 0.25) is 0 Å². The van der Waals surface area contributed by atoms with Crippen molar-refractivity contribution in [2.75, 3.05) is 26.4 Å². The van der Waals surface area contributed by atoms with E-state index in [-0.39, 0.29) is 26.1 Å². The Balaban J connectivity index is 1.81. The van der Waals surface area contributed by atoms with Crippen molar-refractivity contribution in [1.29, 1.82) is 0 Å². The van der Waals surface area contributed by atoms with E-state index in [2.05, 4.69) is 38.2 Å². The van der Waals surface area contributed by atoms with E-state index in [9.17, 15) is 45.3 Å². The van der Waals surface area contributed by atoms with Crippen LogP contribution in [0.3, 0.4) is 0 Å². The van der Waals surface area contributed by atoms with Crippen molar-refractivity contribution >= 4 is 11.9 Å². The van der Waals surface area contributed by atoms with E-state index < -0.39 is 92.7 Å². The number of allylic oxidation sites excluding steroid dienone is 4. The first-order valence-electron chi connectivity index (χ1n) is 25.9. The average Bonchev–Trinajstić information content (AvgIpc) is 3.31. The number of esters is 2. The molecule has 11 atom stereocenters. The molecule has 386 valence electrons. The predicted molar refractivity (Wildman–Crippen MR) is 252 cm³/mol. The maximum atomic E-state index is 13.0. The maximum absolute atomic E-state index is 13.0. The van der Waals surface area contributed by atoms with E-state index in [0.717, 1.165) is 64.2 Å². The van der Waals surface area contributed by atoms with Gasteiger partial charge in [-0.25, -0.2) is 0 Å². The third kappa shape index (κ3) is 26.7. The molecule has 7 N–H and O–H groups in total. The lowest BCUT2D eigenvalue weighted by molar-refractivity contribution is -0.332. The van der Waals surface area contributed by atoms with E-state index in [1.165, 1.54) is 89.9 Å². The summed E-state index contributed by atoms with van der Waals surface area (Å²) in [4.78, 5) is 25.7. The number of hydrogen-bond donors (Lipinski definition) is 7. The third-order valence-electron chi connectivity index (χ3n) is 12.4. The zero-order valence-electron chi connectivity index (χ0n) is 40.7. The molecule has 15 nitrogen and oxygen atoms in total. The molecule has 2 saturated heterocycles. The smallest absolute Gasteiger partial charge is 0.306 e. The van der Waals surface area contributed by atoms with Crippen LogP contribution in [0.5, 0.6) is 0 Å². The van der Waals surface area contributed by atoms with Crippen molar-refractivity contribution in [3.05, 3.63) is 24.3 Å². The summed E-state index contributed by atoms with van der Waals surface area (Å²) in [6.45, 7) is 2.56. The molecule has 0 aromatic heterocycles. The van der Waals surface area contributed by atoms with Gasteiger partial charge in [-0.2, -0.15) is 0 Å². The minimum Gasteiger partial charge on any atom is -0.462 e. The van der Waals surface area contributed by atoms with Crippen LogP contribution in [0.15, 0.2) is 24.3 Å². The van der Waals surface area contributed by atoms with Gasteiger partial charge in [0.1, 0.15) is 55.4 Å². The van der Waals surface area contributed by atoms with Crippen LogP contribution in [0.25, 0.3) is 0 Å². The summed E-state index contributed by atoms with van der Waals surface area (Å²) in [5, 5.41) is 72.1. The fraction of sp³-hybridized carbons (Fsp3) is 0.882. The summed E-state index contributed by atoms with van der Waals surface area (Å²) in [7, 11) is 0. The Kier molecular flexibility index (Phi) is 35.3. The van der Waals surface area contributed by atoms with E-state index in [1.807, 2.05) is 0 Å². The number of ether oxygens (including phenoxy) is 6. The van der Waals surface area contributed by atoms with Crippen LogP contribution in [0.4, 0.5) is 0 Å². The molecule has 0 aromatic carbocycles. The zero-order valence-corrected chi connectivity index (χ0v) is 40.7. The molecule has 0 spiro atoms. The molecule has 66 heavy (non-hydrogen) atoms. The lowest BCUT2D eigenvalue weighted by Gasteiger charge is -2.42. The summed E-state index contributed by atoms with van der Waals surface area (Å²) >= 11 is 0. The van der Waals surface area contributed by atoms with Gasteiger partial charge < -0.3 is 64.2 Å². The molecule has 2 fully saturated rings. The fourth-order valence-electron chi connectivity index (χ4n) is 8.13. The molecule has 2 aliphatic rings. The van der Waals surface area contributed by atoms with Gasteiger partial charge in [0.25, 0.3) is 0 Å². The second-order valence-corrected chi connectivity index (χ2v) is 18.4. The van der Waals surface area contributed by atoms with Crippen LogP contribution in [-0.4, -0.2) is 142 Å². The highest BCUT2D eigenvalue weighted by Gasteiger charge is 2.47. The maximum Gasteiger partial charge on any atom is 0.306 e. The number of aliphatic hydroxyl groups is 7. The van der Waals surface area contributed by atoms with E-state index in [4.69, 9.17) is 28.4 Å². The van der Waals surface area contributed by atoms with Gasteiger partial charge in [-0.15, -0.1) is 0 Å². The first-order chi connectivity index (χ1) is 32.0. The topological polar surface area (TPSA) is 231 Å². The van der Waals surface area contributed by atoms with Crippen molar-refractivity contribution in [2.24, 2.45) is 0 Å². The first kappa shape index (κ1) is 60.1. The predicted octanol–water partition coefficient (Wildman–Crippen LogP) is 7.16. The van der Waals surface area contributed by atoms with E-state index >= 15 is 0 Å². The molecule has 0 aromatic rings. The summed E-state index contributed by atoms with van der Waals surface area (Å²) < 4.78 is 33.6. The van der Waals surface area contributed by atoms with Gasteiger partial charge in [-0.1, -0.05) is 160 Å². The molecule has 15 heteroatoms. The fourth-order valence-corrected chi connectivity index (χ4v) is 8.13. The standard InChI is InChI=1S/C51H92O15/c1-3-5-7-9-11-13-15-17-19-21-23-25-27-29-31-33-42(53)61-36-39(64-43(54)34-32-30-28-26-24-22-20-18-16-14-12-10-8-6-4-2)37-62-50-49(60)47(58)45(56)41(66-50)38-63-51-48(59)46(57)44(55)40(35-52)65-51/h12,14,18,20,39-41,44-52,55-60H,3-11,13,15-17,19,21-38H2,1-2H3/b14-12-,20-18-. The van der Waals surface area contributed by atoms with Crippen molar-refractivity contribution < 1.29 is 73.8 Å². The molecule has 2 heterocycles. The second kappa shape index (κ2) is 38.8. The molecule has 0 bridgehead atoms. The number of hydrogen-bond acceptors (Lipinski definition) is 15. The van der Waals surface area contributed by atoms with Gasteiger partial charge in [-0.3, -0.25) is 9.59 Å². The number of carbonyl (C=O) groups excluding carboxylic acids is 2. The first-order valence-corrected chi connectivity index (χ1v) is 25.9. The number of carbonyl (C=O) groups is 2. The summed E-state index contributed by atoms with van der Waals surface area (Å²) in [6, 6.07) is 0. The number of aliphatic hydroxyl groups excluding tert-OH is 7. The zero-order chi connectivity index (χ0) is 48.2. The van der Waals surface area contributed by atoms with Gasteiger partial charge in [-0.05, 0) is 44.9 Å². The summed E-state index contributed by atoms with van der Waals surface area (Å²) in [5.41, 5.74) is 0. The Hall–Kier alpha value is -2.02. The third-order valence-corrected chi connectivity index (χ3v) is 12.4. The molecule has 0 aliphatic carbocycles. The molecule has 0 amide bonds. The Labute approximate surface area is 396 Å². The van der Waals surface area contributed by atoms with Crippen LogP contribution >= 0.6 is 0 Å². The second-order valence-electron chi connectivity index (χ2n) is 18.4. The Morgan fingerprint density at radius 3 is 1.44 bits per heavy atom. The van der Waals surface area contributed by atoms with E-state index in [0.29, 0.717) is 12.8 Å². The van der Waals surface area contributed by atoms with Gasteiger partial charge in [0.2, 0.25) is 0 Å². The molecule has 2 aliphatic heterocycles. The lowest BCUT2D eigenvalue weighted by Crippen LogP contribution is -2.61. The Morgan fingerprint density at radius 1 is 0.485 bits per heavy atom. The minimum atomic E-state index is -1.76. The van der Waals surface area contributed by atoms with Gasteiger partial charge in [0.05, 0.1) is 19.8 Å². The van der Waals surface area contributed by atoms with Crippen molar-refractivity contribution in [3.63, 3.8) is 0 Å². The average molecular weight is 945 g/mol. The van der Waals surface area contributed by atoms with Gasteiger partial charge in [0, 0.05) is 12.8 Å². The molecule has 0 saturated carbocycles. The minimum absolute atomic E-state index is 0.152. The highest BCUT2D eigenvalue weighted by Crippen LogP contribution is 2.26. The SMILES string of the molecule is CCCCC/C=C\C/C=C\CCCCCCCC(=O)OC(COC(=O)CCCCCCCCCCCCCCCCC)COC1OC(COC2OC(CO)C(O)C(O)C2O)C(O)C(O)C1O. The normalized spacial score (nSPS) is 26.3. The quantitative estimate of drug-likeness (QED) is 0.0184. The van der Waals surface area contributed by atoms with Crippen LogP contribution < -0.4 is 0 Å². The lowest BCUT2D eigenvalue weighted by atomic mass is 9.98. The molecule has 0 radical (unpaired) electrons. The molecule has 11 unspecified atom stereocenters. The summed E-state index contributed by atoms with van der Waals surface area (Å²) in [5.74, 6) is -0.934. The van der Waals surface area contributed by atoms with Gasteiger partial charge in [0.15, 0.2) is 18.7 Å². The highest BCUT2D eigenvalue weighted by molar-refractivity contribution is 5.70. The van der Waals surface area contributed by atoms with Crippen molar-refractivity contribution in [1.82, 2.24) is 0 Å². The van der Waals surface area contributed by atoms with E-state index in [1.54, 1.807) is 0 Å². The Bertz CT molecular complexity index is 1250. The van der Waals surface area contributed by atoms with Crippen LogP contribution in [-0.2, 0) is 38.0 Å². The van der Waals surface area contributed by atoms with Crippen LogP contribution in [0.1, 0.15) is 194 Å². The summed E-state index contributed by atoms with van der Waals surface area (Å²) in [6.07, 6.45) is 22.0. The number of rotatable bonds is 40. The Morgan fingerprint density at radius 2 is 0.909 bits per heavy atom. The monoisotopic (exact) mass is 945 g/mol. The van der Waals surface area contributed by atoms with Crippen molar-refractivity contribution in [3.8, 4) is 0 Å². The largest absolute Gasteiger partial charge is 0.462 e. The van der Waals surface area contributed by atoms with Crippen LogP contribution in [0, 0.1) is 0 Å². The highest BCUT2D eigenvalue weighted by atomic mass is 16.7. The number of unbranched alkanes of at least 4 members (excludes halogenated alkanes) is 22.